The molecule has 1 fully saturated rings. The van der Waals surface area contributed by atoms with Gasteiger partial charge in [-0.05, 0) is 18.2 Å². The predicted octanol–water partition coefficient (Wildman–Crippen LogP) is 1.83. The first-order valence-electron chi connectivity index (χ1n) is 10.1. The molecule has 3 rings (SSSR count). The number of para-hydroxylation sites is 1. The van der Waals surface area contributed by atoms with E-state index in [0.717, 1.165) is 30.9 Å². The Kier molecular flexibility index (Phi) is 9.49. The number of amides is 1. The van der Waals surface area contributed by atoms with Crippen molar-refractivity contribution in [3.05, 3.63) is 53.6 Å². The van der Waals surface area contributed by atoms with Crippen LogP contribution in [0.4, 0.5) is 0 Å². The standard InChI is InChI=1S/C21H26N2O4.C2H2O4/c1-25-17-8-5-4-7-16(17)15-22-11-13-23(14-12-22)21(24)20-18(26-2)9-6-10-19(20)27-3;3-1(4)2(5)6/h4-10H,11-15H2,1-3H3;(H,3,4)(H,5,6). The van der Waals surface area contributed by atoms with Crippen molar-refractivity contribution < 1.29 is 38.8 Å². The van der Waals surface area contributed by atoms with E-state index in [1.165, 1.54) is 0 Å². The van der Waals surface area contributed by atoms with Crippen molar-refractivity contribution in [1.82, 2.24) is 9.80 Å². The Morgan fingerprint density at radius 1 is 0.758 bits per heavy atom. The minimum absolute atomic E-state index is 0.0544. The van der Waals surface area contributed by atoms with Gasteiger partial charge in [-0.25, -0.2) is 9.59 Å². The van der Waals surface area contributed by atoms with Crippen molar-refractivity contribution in [2.45, 2.75) is 6.54 Å². The van der Waals surface area contributed by atoms with Gasteiger partial charge in [0.05, 0.1) is 21.3 Å². The molecule has 1 aliphatic rings. The molecule has 0 spiro atoms. The van der Waals surface area contributed by atoms with Gasteiger partial charge in [-0.1, -0.05) is 24.3 Å². The van der Waals surface area contributed by atoms with Crippen LogP contribution in [0.3, 0.4) is 0 Å². The zero-order valence-corrected chi connectivity index (χ0v) is 18.8. The summed E-state index contributed by atoms with van der Waals surface area (Å²) in [6.45, 7) is 3.75. The number of methoxy groups -OCH3 is 3. The predicted molar refractivity (Wildman–Crippen MR) is 119 cm³/mol. The number of hydrogen-bond donors (Lipinski definition) is 2. The van der Waals surface area contributed by atoms with Gasteiger partial charge in [-0.2, -0.15) is 0 Å². The molecule has 0 aromatic heterocycles. The van der Waals surface area contributed by atoms with Crippen molar-refractivity contribution in [1.29, 1.82) is 0 Å². The Balaban J connectivity index is 0.000000569. The van der Waals surface area contributed by atoms with E-state index >= 15 is 0 Å². The van der Waals surface area contributed by atoms with Gasteiger partial charge >= 0.3 is 11.9 Å². The molecule has 0 aliphatic carbocycles. The number of carboxylic acid groups (broad SMARTS) is 2. The lowest BCUT2D eigenvalue weighted by Crippen LogP contribution is -2.48. The number of carbonyl (C=O) groups excluding carboxylic acids is 1. The van der Waals surface area contributed by atoms with Gasteiger partial charge in [0.15, 0.2) is 0 Å². The normalized spacial score (nSPS) is 13.4. The fourth-order valence-electron chi connectivity index (χ4n) is 3.40. The van der Waals surface area contributed by atoms with E-state index in [1.807, 2.05) is 29.2 Å². The van der Waals surface area contributed by atoms with Crippen LogP contribution in [0, 0.1) is 0 Å². The van der Waals surface area contributed by atoms with Crippen LogP contribution >= 0.6 is 0 Å². The summed E-state index contributed by atoms with van der Waals surface area (Å²) < 4.78 is 16.2. The number of carbonyl (C=O) groups is 3. The minimum atomic E-state index is -1.82. The van der Waals surface area contributed by atoms with Gasteiger partial charge in [-0.3, -0.25) is 9.69 Å². The third kappa shape index (κ3) is 6.84. The van der Waals surface area contributed by atoms with Gasteiger partial charge in [0, 0.05) is 38.3 Å². The molecule has 2 aromatic carbocycles. The van der Waals surface area contributed by atoms with Crippen molar-refractivity contribution in [2.75, 3.05) is 47.5 Å². The fraction of sp³-hybridized carbons (Fsp3) is 0.348. The molecule has 178 valence electrons. The Morgan fingerprint density at radius 3 is 1.73 bits per heavy atom. The molecule has 0 unspecified atom stereocenters. The number of carboxylic acids is 2. The molecule has 10 heteroatoms. The molecule has 2 N–H and O–H groups in total. The smallest absolute Gasteiger partial charge is 0.414 e. The quantitative estimate of drug-likeness (QED) is 0.621. The van der Waals surface area contributed by atoms with E-state index in [9.17, 15) is 4.79 Å². The van der Waals surface area contributed by atoms with Crippen LogP contribution in [-0.2, 0) is 16.1 Å². The lowest BCUT2D eigenvalue weighted by atomic mass is 10.1. The van der Waals surface area contributed by atoms with E-state index < -0.39 is 11.9 Å². The molecule has 0 bridgehead atoms. The summed E-state index contributed by atoms with van der Waals surface area (Å²) in [4.78, 5) is 35.4. The van der Waals surface area contributed by atoms with Gasteiger partial charge in [0.25, 0.3) is 5.91 Å². The number of rotatable bonds is 6. The van der Waals surface area contributed by atoms with E-state index in [4.69, 9.17) is 34.0 Å². The first-order chi connectivity index (χ1) is 15.8. The Morgan fingerprint density at radius 2 is 1.24 bits per heavy atom. The molecule has 1 saturated heterocycles. The summed E-state index contributed by atoms with van der Waals surface area (Å²) in [6.07, 6.45) is 0. The first kappa shape index (κ1) is 25.5. The molecule has 0 saturated carbocycles. The second-order valence-electron chi connectivity index (χ2n) is 7.03. The summed E-state index contributed by atoms with van der Waals surface area (Å²) in [5.74, 6) is -1.73. The maximum atomic E-state index is 13.1. The van der Waals surface area contributed by atoms with Gasteiger partial charge in [0.1, 0.15) is 22.8 Å². The van der Waals surface area contributed by atoms with Crippen LogP contribution in [0.1, 0.15) is 15.9 Å². The molecule has 1 aliphatic heterocycles. The average Bonchev–Trinajstić information content (AvgIpc) is 2.84. The van der Waals surface area contributed by atoms with Gasteiger partial charge in [0.2, 0.25) is 0 Å². The summed E-state index contributed by atoms with van der Waals surface area (Å²) in [7, 11) is 4.82. The SMILES string of the molecule is COc1ccccc1CN1CCN(C(=O)c2c(OC)cccc2OC)CC1.O=C(O)C(=O)O. The van der Waals surface area contributed by atoms with Crippen LogP contribution < -0.4 is 14.2 Å². The summed E-state index contributed by atoms with van der Waals surface area (Å²) in [5, 5.41) is 14.8. The molecule has 1 heterocycles. The van der Waals surface area contributed by atoms with E-state index in [2.05, 4.69) is 11.0 Å². The van der Waals surface area contributed by atoms with Crippen molar-refractivity contribution >= 4 is 17.8 Å². The lowest BCUT2D eigenvalue weighted by Gasteiger charge is -2.35. The van der Waals surface area contributed by atoms with Crippen LogP contribution in [-0.4, -0.2) is 85.4 Å². The number of aliphatic carboxylic acids is 2. The highest BCUT2D eigenvalue weighted by molar-refractivity contribution is 6.27. The molecular weight excluding hydrogens is 432 g/mol. The summed E-state index contributed by atoms with van der Waals surface area (Å²) in [6, 6.07) is 13.4. The highest BCUT2D eigenvalue weighted by Gasteiger charge is 2.27. The number of piperazine rings is 1. The van der Waals surface area contributed by atoms with Crippen LogP contribution in [0.15, 0.2) is 42.5 Å². The molecule has 10 nitrogen and oxygen atoms in total. The molecule has 2 aromatic rings. The van der Waals surface area contributed by atoms with E-state index in [1.54, 1.807) is 33.5 Å². The fourth-order valence-corrected chi connectivity index (χ4v) is 3.40. The first-order valence-corrected chi connectivity index (χ1v) is 10.1. The molecule has 1 amide bonds. The minimum Gasteiger partial charge on any atom is -0.496 e. The van der Waals surface area contributed by atoms with Crippen molar-refractivity contribution in [3.63, 3.8) is 0 Å². The highest BCUT2D eigenvalue weighted by atomic mass is 16.5. The Labute approximate surface area is 191 Å². The number of hydrogen-bond acceptors (Lipinski definition) is 7. The largest absolute Gasteiger partial charge is 0.496 e. The zero-order chi connectivity index (χ0) is 24.4. The average molecular weight is 460 g/mol. The van der Waals surface area contributed by atoms with Crippen molar-refractivity contribution in [3.8, 4) is 17.2 Å². The van der Waals surface area contributed by atoms with Crippen LogP contribution in [0.5, 0.6) is 17.2 Å². The molecule has 0 radical (unpaired) electrons. The topological polar surface area (TPSA) is 126 Å². The van der Waals surface area contributed by atoms with Gasteiger partial charge < -0.3 is 29.3 Å². The number of ether oxygens (including phenoxy) is 3. The molecular formula is C23H28N2O8. The number of nitrogens with zero attached hydrogens (tertiary/aromatic N) is 2. The Hall–Kier alpha value is -3.79. The maximum Gasteiger partial charge on any atom is 0.414 e. The van der Waals surface area contributed by atoms with Crippen LogP contribution in [0.2, 0.25) is 0 Å². The number of benzene rings is 2. The molecule has 33 heavy (non-hydrogen) atoms. The summed E-state index contributed by atoms with van der Waals surface area (Å²) >= 11 is 0. The lowest BCUT2D eigenvalue weighted by molar-refractivity contribution is -0.159. The van der Waals surface area contributed by atoms with E-state index in [0.29, 0.717) is 30.2 Å². The second-order valence-corrected chi connectivity index (χ2v) is 7.03. The van der Waals surface area contributed by atoms with E-state index in [-0.39, 0.29) is 5.91 Å². The highest BCUT2D eigenvalue weighted by Crippen LogP contribution is 2.30. The van der Waals surface area contributed by atoms with Crippen molar-refractivity contribution in [2.24, 2.45) is 0 Å². The molecule has 0 atom stereocenters. The second kappa shape index (κ2) is 12.3. The van der Waals surface area contributed by atoms with Gasteiger partial charge in [-0.15, -0.1) is 0 Å². The third-order valence-electron chi connectivity index (χ3n) is 5.07. The Bertz CT molecular complexity index is 936. The maximum absolute atomic E-state index is 13.1. The monoisotopic (exact) mass is 460 g/mol. The third-order valence-corrected chi connectivity index (χ3v) is 5.07. The summed E-state index contributed by atoms with van der Waals surface area (Å²) in [5.41, 5.74) is 1.65. The zero-order valence-electron chi connectivity index (χ0n) is 18.8. The van der Waals surface area contributed by atoms with Crippen LogP contribution in [0.25, 0.3) is 0 Å².